The van der Waals surface area contributed by atoms with Crippen molar-refractivity contribution in [2.24, 2.45) is 0 Å². The zero-order valence-corrected chi connectivity index (χ0v) is 12.2. The Morgan fingerprint density at radius 1 is 1.23 bits per heavy atom. The predicted octanol–water partition coefficient (Wildman–Crippen LogP) is 1.24. The first-order chi connectivity index (χ1) is 10.8. The summed E-state index contributed by atoms with van der Waals surface area (Å²) < 4.78 is 5.33. The summed E-state index contributed by atoms with van der Waals surface area (Å²) in [5.74, 6) is -0.183. The Bertz CT molecular complexity index is 610. The van der Waals surface area contributed by atoms with Crippen molar-refractivity contribution in [1.82, 2.24) is 15.3 Å². The van der Waals surface area contributed by atoms with Crippen LogP contribution in [-0.2, 0) is 11.3 Å². The van der Waals surface area contributed by atoms with E-state index in [0.717, 1.165) is 37.6 Å². The number of ether oxygens (including phenoxy) is 1. The van der Waals surface area contributed by atoms with E-state index in [4.69, 9.17) is 4.74 Å². The van der Waals surface area contributed by atoms with Crippen LogP contribution >= 0.6 is 0 Å². The summed E-state index contributed by atoms with van der Waals surface area (Å²) in [5.41, 5.74) is 2.40. The van der Waals surface area contributed by atoms with Gasteiger partial charge in [-0.3, -0.25) is 9.78 Å². The van der Waals surface area contributed by atoms with Gasteiger partial charge in [-0.2, -0.15) is 0 Å². The van der Waals surface area contributed by atoms with E-state index in [1.165, 1.54) is 0 Å². The Hall–Kier alpha value is -2.47. The highest BCUT2D eigenvalue weighted by Crippen LogP contribution is 2.14. The smallest absolute Gasteiger partial charge is 0.270 e. The molecule has 3 rings (SSSR count). The number of amides is 1. The highest BCUT2D eigenvalue weighted by molar-refractivity contribution is 5.92. The standard InChI is InChI=1S/C16H18N4O2/c21-16(19-11-13-2-1-5-17-10-13)15-4-3-14(12-18-15)20-6-8-22-9-7-20/h1-5,10,12H,6-9,11H2,(H,19,21). The van der Waals surface area contributed by atoms with Gasteiger partial charge in [-0.25, -0.2) is 4.98 Å². The Balaban J connectivity index is 1.58. The molecule has 1 saturated heterocycles. The van der Waals surface area contributed by atoms with Crippen molar-refractivity contribution in [3.63, 3.8) is 0 Å². The zero-order valence-electron chi connectivity index (χ0n) is 12.2. The fraction of sp³-hybridized carbons (Fsp3) is 0.312. The molecule has 0 radical (unpaired) electrons. The van der Waals surface area contributed by atoms with Crippen LogP contribution in [0.25, 0.3) is 0 Å². The molecule has 0 aromatic carbocycles. The molecular weight excluding hydrogens is 280 g/mol. The normalized spacial score (nSPS) is 14.6. The van der Waals surface area contributed by atoms with Crippen molar-refractivity contribution in [1.29, 1.82) is 0 Å². The van der Waals surface area contributed by atoms with Crippen LogP contribution in [0.15, 0.2) is 42.9 Å². The minimum Gasteiger partial charge on any atom is -0.378 e. The van der Waals surface area contributed by atoms with Gasteiger partial charge in [0.05, 0.1) is 25.1 Å². The lowest BCUT2D eigenvalue weighted by molar-refractivity contribution is 0.0946. The third-order valence-corrected chi connectivity index (χ3v) is 3.53. The molecule has 0 atom stereocenters. The number of aromatic nitrogens is 2. The third kappa shape index (κ3) is 3.59. The number of nitrogens with zero attached hydrogens (tertiary/aromatic N) is 3. The molecule has 2 aromatic rings. The van der Waals surface area contributed by atoms with E-state index >= 15 is 0 Å². The lowest BCUT2D eigenvalue weighted by atomic mass is 10.2. The van der Waals surface area contributed by atoms with Crippen molar-refractivity contribution < 1.29 is 9.53 Å². The number of pyridine rings is 2. The summed E-state index contributed by atoms with van der Waals surface area (Å²) in [6.07, 6.45) is 5.18. The number of nitrogens with one attached hydrogen (secondary N) is 1. The van der Waals surface area contributed by atoms with Crippen molar-refractivity contribution in [2.75, 3.05) is 31.2 Å². The van der Waals surface area contributed by atoms with Gasteiger partial charge in [0.15, 0.2) is 0 Å². The molecule has 1 aliphatic heterocycles. The van der Waals surface area contributed by atoms with Crippen LogP contribution < -0.4 is 10.2 Å². The second-order valence-corrected chi connectivity index (χ2v) is 5.05. The lowest BCUT2D eigenvalue weighted by Gasteiger charge is -2.28. The SMILES string of the molecule is O=C(NCc1cccnc1)c1ccc(N2CCOCC2)cn1. The van der Waals surface area contributed by atoms with Gasteiger partial charge in [0.2, 0.25) is 0 Å². The monoisotopic (exact) mass is 298 g/mol. The van der Waals surface area contributed by atoms with Gasteiger partial charge >= 0.3 is 0 Å². The quantitative estimate of drug-likeness (QED) is 0.920. The molecule has 0 unspecified atom stereocenters. The molecule has 2 aromatic heterocycles. The zero-order chi connectivity index (χ0) is 15.2. The maximum atomic E-state index is 12.1. The Morgan fingerprint density at radius 2 is 2.09 bits per heavy atom. The summed E-state index contributed by atoms with van der Waals surface area (Å²) in [5, 5.41) is 2.84. The number of hydrogen-bond donors (Lipinski definition) is 1. The van der Waals surface area contributed by atoms with Crippen LogP contribution in [0.3, 0.4) is 0 Å². The Labute approximate surface area is 129 Å². The number of rotatable bonds is 4. The van der Waals surface area contributed by atoms with Gasteiger partial charge in [0.25, 0.3) is 5.91 Å². The van der Waals surface area contributed by atoms with E-state index in [1.54, 1.807) is 24.7 Å². The van der Waals surface area contributed by atoms with E-state index in [-0.39, 0.29) is 5.91 Å². The Morgan fingerprint density at radius 3 is 2.77 bits per heavy atom. The van der Waals surface area contributed by atoms with Gasteiger partial charge in [-0.15, -0.1) is 0 Å². The van der Waals surface area contributed by atoms with Crippen LogP contribution in [-0.4, -0.2) is 42.2 Å². The van der Waals surface area contributed by atoms with Crippen LogP contribution in [0, 0.1) is 0 Å². The first-order valence-corrected chi connectivity index (χ1v) is 7.29. The molecule has 114 valence electrons. The highest BCUT2D eigenvalue weighted by Gasteiger charge is 2.13. The van der Waals surface area contributed by atoms with Gasteiger partial charge in [0, 0.05) is 32.0 Å². The summed E-state index contributed by atoms with van der Waals surface area (Å²) in [6.45, 7) is 3.61. The van der Waals surface area contributed by atoms with Crippen molar-refractivity contribution in [3.8, 4) is 0 Å². The van der Waals surface area contributed by atoms with Crippen molar-refractivity contribution in [3.05, 3.63) is 54.1 Å². The molecule has 6 nitrogen and oxygen atoms in total. The Kier molecular flexibility index (Phi) is 4.60. The molecule has 1 aliphatic rings. The second kappa shape index (κ2) is 7.00. The molecule has 22 heavy (non-hydrogen) atoms. The molecule has 0 spiro atoms. The molecule has 1 amide bonds. The maximum Gasteiger partial charge on any atom is 0.270 e. The van der Waals surface area contributed by atoms with Crippen LogP contribution in [0.1, 0.15) is 16.1 Å². The summed E-state index contributed by atoms with van der Waals surface area (Å²) >= 11 is 0. The molecule has 0 aliphatic carbocycles. The topological polar surface area (TPSA) is 67.4 Å². The minimum absolute atomic E-state index is 0.183. The first kappa shape index (κ1) is 14.5. The summed E-state index contributed by atoms with van der Waals surface area (Å²) in [6, 6.07) is 7.44. The minimum atomic E-state index is -0.183. The summed E-state index contributed by atoms with van der Waals surface area (Å²) in [4.78, 5) is 22.6. The maximum absolute atomic E-state index is 12.1. The lowest BCUT2D eigenvalue weighted by Crippen LogP contribution is -2.36. The van der Waals surface area contributed by atoms with Crippen LogP contribution in [0.2, 0.25) is 0 Å². The molecule has 1 fully saturated rings. The molecule has 0 saturated carbocycles. The van der Waals surface area contributed by atoms with E-state index in [1.807, 2.05) is 18.2 Å². The van der Waals surface area contributed by atoms with Crippen LogP contribution in [0.5, 0.6) is 0 Å². The van der Waals surface area contributed by atoms with E-state index in [2.05, 4.69) is 20.2 Å². The number of carbonyl (C=O) groups is 1. The predicted molar refractivity (Wildman–Crippen MR) is 82.7 cm³/mol. The largest absolute Gasteiger partial charge is 0.378 e. The average molecular weight is 298 g/mol. The number of morpholine rings is 1. The second-order valence-electron chi connectivity index (χ2n) is 5.05. The van der Waals surface area contributed by atoms with Gasteiger partial charge in [-0.1, -0.05) is 6.07 Å². The number of hydrogen-bond acceptors (Lipinski definition) is 5. The van der Waals surface area contributed by atoms with E-state index in [9.17, 15) is 4.79 Å². The first-order valence-electron chi connectivity index (χ1n) is 7.29. The third-order valence-electron chi connectivity index (χ3n) is 3.53. The molecular formula is C16H18N4O2. The average Bonchev–Trinajstić information content (AvgIpc) is 2.61. The van der Waals surface area contributed by atoms with E-state index < -0.39 is 0 Å². The van der Waals surface area contributed by atoms with Gasteiger partial charge < -0.3 is 15.0 Å². The highest BCUT2D eigenvalue weighted by atomic mass is 16.5. The summed E-state index contributed by atoms with van der Waals surface area (Å²) in [7, 11) is 0. The van der Waals surface area contributed by atoms with Crippen molar-refractivity contribution in [2.45, 2.75) is 6.54 Å². The number of carbonyl (C=O) groups excluding carboxylic acids is 1. The molecule has 1 N–H and O–H groups in total. The molecule has 0 bridgehead atoms. The fourth-order valence-corrected chi connectivity index (χ4v) is 2.30. The molecule has 3 heterocycles. The fourth-order valence-electron chi connectivity index (χ4n) is 2.30. The van der Waals surface area contributed by atoms with Gasteiger partial charge in [-0.05, 0) is 23.8 Å². The van der Waals surface area contributed by atoms with Crippen molar-refractivity contribution >= 4 is 11.6 Å². The van der Waals surface area contributed by atoms with E-state index in [0.29, 0.717) is 12.2 Å². The van der Waals surface area contributed by atoms with Gasteiger partial charge in [0.1, 0.15) is 5.69 Å². The molecule has 6 heteroatoms. The number of anilines is 1. The van der Waals surface area contributed by atoms with Crippen LogP contribution in [0.4, 0.5) is 5.69 Å².